The third-order valence-corrected chi connectivity index (χ3v) is 7.75. The number of carbonyl (C=O) groups is 1. The lowest BCUT2D eigenvalue weighted by Crippen LogP contribution is -2.28. The van der Waals surface area contributed by atoms with Gasteiger partial charge >= 0.3 is 5.97 Å². The second-order valence-electron chi connectivity index (χ2n) is 11.2. The van der Waals surface area contributed by atoms with Gasteiger partial charge in [0.05, 0.1) is 12.0 Å². The molecule has 0 fully saturated rings. The topological polar surface area (TPSA) is 57.5 Å². The second kappa shape index (κ2) is 28.0. The molecule has 210 valence electrons. The average molecular weight is 497 g/mol. The maximum absolute atomic E-state index is 11.6. The number of unbranched alkanes of at least 4 members (excludes halogenated alkanes) is 23. The van der Waals surface area contributed by atoms with E-state index >= 15 is 0 Å². The Labute approximate surface area is 220 Å². The van der Waals surface area contributed by atoms with Crippen LogP contribution in [0, 0.1) is 5.92 Å². The predicted octanol–water partition coefficient (Wildman–Crippen LogP) is 10.6. The lowest BCUT2D eigenvalue weighted by molar-refractivity contribution is -0.146. The van der Waals surface area contributed by atoms with Gasteiger partial charge in [-0.1, -0.05) is 174 Å². The minimum Gasteiger partial charge on any atom is -0.481 e. The molecule has 0 heterocycles. The molecule has 0 aliphatic heterocycles. The van der Waals surface area contributed by atoms with Crippen molar-refractivity contribution in [3.05, 3.63) is 0 Å². The molecular weight excluding hydrogens is 432 g/mol. The Morgan fingerprint density at radius 3 is 1.00 bits per heavy atom. The van der Waals surface area contributed by atoms with Gasteiger partial charge in [-0.15, -0.1) is 0 Å². The van der Waals surface area contributed by atoms with Crippen molar-refractivity contribution in [2.75, 3.05) is 0 Å². The van der Waals surface area contributed by atoms with Crippen molar-refractivity contribution in [3.63, 3.8) is 0 Å². The first-order valence-electron chi connectivity index (χ1n) is 16.0. The first-order chi connectivity index (χ1) is 17.1. The van der Waals surface area contributed by atoms with E-state index in [1.165, 1.54) is 135 Å². The van der Waals surface area contributed by atoms with Crippen LogP contribution in [0.3, 0.4) is 0 Å². The highest BCUT2D eigenvalue weighted by molar-refractivity contribution is 5.70. The molecule has 0 aromatic heterocycles. The molecule has 0 rings (SSSR count). The zero-order valence-electron chi connectivity index (χ0n) is 24.0. The van der Waals surface area contributed by atoms with Crippen molar-refractivity contribution in [3.8, 4) is 0 Å². The molecular formula is C32H64O3. The highest BCUT2D eigenvalue weighted by atomic mass is 16.4. The lowest BCUT2D eigenvalue weighted by atomic mass is 9.91. The second-order valence-corrected chi connectivity index (χ2v) is 11.2. The third kappa shape index (κ3) is 24.9. The number of carboxylic acid groups (broad SMARTS) is 1. The molecule has 0 saturated heterocycles. The molecule has 0 amide bonds. The maximum atomic E-state index is 11.6. The summed E-state index contributed by atoms with van der Waals surface area (Å²) in [6, 6.07) is 0. The van der Waals surface area contributed by atoms with Gasteiger partial charge in [-0.2, -0.15) is 0 Å². The van der Waals surface area contributed by atoms with Gasteiger partial charge in [-0.3, -0.25) is 4.79 Å². The van der Waals surface area contributed by atoms with Gasteiger partial charge in [0.2, 0.25) is 0 Å². The standard InChI is InChI=1S/C32H64O3/c1-3-5-7-9-11-13-15-17-19-21-23-25-27-29-31(33)30(32(34)35)28-26-24-22-20-18-16-14-12-10-8-6-4-2/h30-31,33H,3-29H2,1-2H3,(H,34,35)/t30-,31-/m1/s1. The number of aliphatic hydroxyl groups excluding tert-OH is 1. The van der Waals surface area contributed by atoms with Gasteiger partial charge in [0.1, 0.15) is 0 Å². The molecule has 0 radical (unpaired) electrons. The van der Waals surface area contributed by atoms with Crippen LogP contribution in [0.4, 0.5) is 0 Å². The summed E-state index contributed by atoms with van der Waals surface area (Å²) in [6.45, 7) is 4.53. The monoisotopic (exact) mass is 496 g/mol. The first-order valence-corrected chi connectivity index (χ1v) is 16.0. The van der Waals surface area contributed by atoms with Crippen molar-refractivity contribution in [1.82, 2.24) is 0 Å². The molecule has 0 bridgehead atoms. The summed E-state index contributed by atoms with van der Waals surface area (Å²) >= 11 is 0. The van der Waals surface area contributed by atoms with Crippen LogP contribution in [0.25, 0.3) is 0 Å². The van der Waals surface area contributed by atoms with Gasteiger partial charge in [0.15, 0.2) is 0 Å². The molecule has 0 saturated carbocycles. The van der Waals surface area contributed by atoms with Gasteiger partial charge in [0.25, 0.3) is 0 Å². The van der Waals surface area contributed by atoms with E-state index in [0.29, 0.717) is 12.8 Å². The quantitative estimate of drug-likeness (QED) is 0.101. The molecule has 0 spiro atoms. The Morgan fingerprint density at radius 1 is 0.457 bits per heavy atom. The van der Waals surface area contributed by atoms with E-state index in [1.54, 1.807) is 0 Å². The number of hydrogen-bond donors (Lipinski definition) is 2. The number of carboxylic acids is 1. The summed E-state index contributed by atoms with van der Waals surface area (Å²) in [4.78, 5) is 11.6. The molecule has 0 aromatic carbocycles. The highest BCUT2D eigenvalue weighted by Crippen LogP contribution is 2.21. The van der Waals surface area contributed by atoms with Crippen molar-refractivity contribution >= 4 is 5.97 Å². The summed E-state index contributed by atoms with van der Waals surface area (Å²) in [7, 11) is 0. The normalized spacial score (nSPS) is 13.2. The van der Waals surface area contributed by atoms with Crippen molar-refractivity contribution in [2.24, 2.45) is 5.92 Å². The van der Waals surface area contributed by atoms with Crippen molar-refractivity contribution < 1.29 is 15.0 Å². The molecule has 0 aliphatic rings. The summed E-state index contributed by atoms with van der Waals surface area (Å²) in [5.41, 5.74) is 0. The van der Waals surface area contributed by atoms with Crippen LogP contribution >= 0.6 is 0 Å². The van der Waals surface area contributed by atoms with Crippen LogP contribution in [0.15, 0.2) is 0 Å². The Balaban J connectivity index is 3.56. The Hall–Kier alpha value is -0.570. The van der Waals surface area contributed by atoms with Crippen LogP contribution in [0.5, 0.6) is 0 Å². The number of aliphatic hydroxyl groups is 1. The van der Waals surface area contributed by atoms with E-state index in [4.69, 9.17) is 0 Å². The lowest BCUT2D eigenvalue weighted by Gasteiger charge is -2.19. The molecule has 35 heavy (non-hydrogen) atoms. The fourth-order valence-corrected chi connectivity index (χ4v) is 5.26. The Morgan fingerprint density at radius 2 is 0.714 bits per heavy atom. The van der Waals surface area contributed by atoms with Gasteiger partial charge < -0.3 is 10.2 Å². The summed E-state index contributed by atoms with van der Waals surface area (Å²) in [6.07, 6.45) is 33.0. The van der Waals surface area contributed by atoms with Crippen LogP contribution in [0.2, 0.25) is 0 Å². The maximum Gasteiger partial charge on any atom is 0.309 e. The molecule has 0 aliphatic carbocycles. The molecule has 2 atom stereocenters. The first kappa shape index (κ1) is 34.4. The van der Waals surface area contributed by atoms with E-state index in [0.717, 1.165) is 25.7 Å². The van der Waals surface area contributed by atoms with Crippen molar-refractivity contribution in [1.29, 1.82) is 0 Å². The van der Waals surface area contributed by atoms with E-state index in [9.17, 15) is 15.0 Å². The molecule has 3 nitrogen and oxygen atoms in total. The number of rotatable bonds is 29. The van der Waals surface area contributed by atoms with Crippen LogP contribution < -0.4 is 0 Å². The van der Waals surface area contributed by atoms with E-state index in [1.807, 2.05) is 0 Å². The highest BCUT2D eigenvalue weighted by Gasteiger charge is 2.25. The molecule has 2 N–H and O–H groups in total. The molecule has 0 aromatic rings. The minimum atomic E-state index is -0.810. The van der Waals surface area contributed by atoms with Crippen LogP contribution in [-0.4, -0.2) is 22.3 Å². The van der Waals surface area contributed by atoms with E-state index in [2.05, 4.69) is 13.8 Å². The van der Waals surface area contributed by atoms with E-state index < -0.39 is 18.0 Å². The molecule has 3 heteroatoms. The smallest absolute Gasteiger partial charge is 0.309 e. The Bertz CT molecular complexity index is 423. The zero-order valence-corrected chi connectivity index (χ0v) is 24.0. The largest absolute Gasteiger partial charge is 0.481 e. The van der Waals surface area contributed by atoms with Gasteiger partial charge in [-0.05, 0) is 12.8 Å². The summed E-state index contributed by atoms with van der Waals surface area (Å²) in [5.74, 6) is -1.38. The SMILES string of the molecule is CCCCCCCCCCCCCCC[C@@H](O)[C@@H](CCCCCCCCCCCCCC)C(=O)O. The summed E-state index contributed by atoms with van der Waals surface area (Å²) in [5, 5.41) is 20.0. The third-order valence-electron chi connectivity index (χ3n) is 7.75. The van der Waals surface area contributed by atoms with Gasteiger partial charge in [-0.25, -0.2) is 0 Å². The number of hydrogen-bond acceptors (Lipinski definition) is 2. The predicted molar refractivity (Wildman–Crippen MR) is 153 cm³/mol. The van der Waals surface area contributed by atoms with Crippen LogP contribution in [-0.2, 0) is 4.79 Å². The average Bonchev–Trinajstić information content (AvgIpc) is 2.84. The summed E-state index contributed by atoms with van der Waals surface area (Å²) < 4.78 is 0. The van der Waals surface area contributed by atoms with Gasteiger partial charge in [0, 0.05) is 0 Å². The fraction of sp³-hybridized carbons (Fsp3) is 0.969. The number of aliphatic carboxylic acids is 1. The van der Waals surface area contributed by atoms with E-state index in [-0.39, 0.29) is 0 Å². The fourth-order valence-electron chi connectivity index (χ4n) is 5.26. The minimum absolute atomic E-state index is 0.574. The molecule has 0 unspecified atom stereocenters. The van der Waals surface area contributed by atoms with Crippen molar-refractivity contribution in [2.45, 2.75) is 193 Å². The zero-order chi connectivity index (χ0) is 25.8. The van der Waals surface area contributed by atoms with Crippen LogP contribution in [0.1, 0.15) is 187 Å². The Kier molecular flexibility index (Phi) is 27.6.